The lowest BCUT2D eigenvalue weighted by atomic mass is 10.1. The molecule has 1 unspecified atom stereocenters. The van der Waals surface area contributed by atoms with Gasteiger partial charge in [0, 0.05) is 51.5 Å². The van der Waals surface area contributed by atoms with Crippen molar-refractivity contribution in [2.24, 2.45) is 0 Å². The Hall–Kier alpha value is -4.03. The molecule has 0 saturated heterocycles. The van der Waals surface area contributed by atoms with Gasteiger partial charge in [0.05, 0.1) is 0 Å². The summed E-state index contributed by atoms with van der Waals surface area (Å²) in [6.07, 6.45) is 0. The summed E-state index contributed by atoms with van der Waals surface area (Å²) in [5.74, 6) is -0.202. The van der Waals surface area contributed by atoms with E-state index in [4.69, 9.17) is 0 Å². The monoisotopic (exact) mass is 493 g/mol. The molecule has 36 heavy (non-hydrogen) atoms. The zero-order valence-electron chi connectivity index (χ0n) is 20.2. The van der Waals surface area contributed by atoms with Crippen LogP contribution in [0.4, 0.5) is 11.4 Å². The molecular formula is C30H27N3O2S. The van der Waals surface area contributed by atoms with E-state index >= 15 is 0 Å². The van der Waals surface area contributed by atoms with Gasteiger partial charge in [-0.1, -0.05) is 48.5 Å². The standard InChI is InChI=1S/C30H27N3O2S/c1-3-33-27-12-8-7-11-25(27)26-19-23(15-18-28(26)33)32-30(35)29(21-9-5-4-6-10-21)36-24-16-13-22(14-17-24)31-20(2)34/h4-19,29H,3H2,1-2H3,(H,31,34)(H,32,35). The minimum Gasteiger partial charge on any atom is -0.341 e. The Morgan fingerprint density at radius 1 is 0.778 bits per heavy atom. The third kappa shape index (κ3) is 4.86. The fourth-order valence-electron chi connectivity index (χ4n) is 4.54. The molecule has 5 rings (SSSR count). The maximum absolute atomic E-state index is 13.6. The Morgan fingerprint density at radius 3 is 2.17 bits per heavy atom. The van der Waals surface area contributed by atoms with Gasteiger partial charge >= 0.3 is 0 Å². The van der Waals surface area contributed by atoms with Crippen LogP contribution < -0.4 is 10.6 Å². The number of anilines is 2. The van der Waals surface area contributed by atoms with Gasteiger partial charge in [0.15, 0.2) is 0 Å². The van der Waals surface area contributed by atoms with Crippen molar-refractivity contribution >= 4 is 56.8 Å². The van der Waals surface area contributed by atoms with Crippen molar-refractivity contribution in [3.05, 3.63) is 103 Å². The van der Waals surface area contributed by atoms with E-state index in [0.717, 1.165) is 39.3 Å². The van der Waals surface area contributed by atoms with E-state index in [2.05, 4.69) is 52.5 Å². The van der Waals surface area contributed by atoms with Gasteiger partial charge in [0.1, 0.15) is 5.25 Å². The molecule has 1 aromatic heterocycles. The predicted octanol–water partition coefficient (Wildman–Crippen LogP) is 7.24. The number of carbonyl (C=O) groups is 2. The first kappa shape index (κ1) is 23.7. The van der Waals surface area contributed by atoms with Gasteiger partial charge in [0.2, 0.25) is 11.8 Å². The Kier molecular flexibility index (Phi) is 6.78. The molecule has 1 atom stereocenters. The average Bonchev–Trinajstić information content (AvgIpc) is 3.21. The van der Waals surface area contributed by atoms with Crippen molar-refractivity contribution in [2.45, 2.75) is 30.5 Å². The van der Waals surface area contributed by atoms with Crippen LogP contribution in [0.25, 0.3) is 21.8 Å². The predicted molar refractivity (Wildman–Crippen MR) is 150 cm³/mol. The summed E-state index contributed by atoms with van der Waals surface area (Å²) in [5, 5.41) is 7.80. The summed E-state index contributed by atoms with van der Waals surface area (Å²) in [4.78, 5) is 25.9. The molecule has 0 aliphatic rings. The molecule has 1 heterocycles. The van der Waals surface area contributed by atoms with Crippen LogP contribution in [0.5, 0.6) is 0 Å². The van der Waals surface area contributed by atoms with Gasteiger partial charge in [-0.2, -0.15) is 0 Å². The van der Waals surface area contributed by atoms with E-state index in [1.54, 1.807) is 0 Å². The Balaban J connectivity index is 1.44. The Labute approximate surface area is 214 Å². The number of thioether (sulfide) groups is 1. The highest BCUT2D eigenvalue weighted by molar-refractivity contribution is 8.00. The highest BCUT2D eigenvalue weighted by atomic mass is 32.2. The molecule has 0 aliphatic carbocycles. The van der Waals surface area contributed by atoms with Crippen LogP contribution in [0.2, 0.25) is 0 Å². The molecule has 0 aliphatic heterocycles. The van der Waals surface area contributed by atoms with E-state index in [1.165, 1.54) is 29.6 Å². The number of aryl methyl sites for hydroxylation is 1. The number of benzene rings is 4. The van der Waals surface area contributed by atoms with Gasteiger partial charge in [0.25, 0.3) is 0 Å². The maximum atomic E-state index is 13.6. The van der Waals surface area contributed by atoms with E-state index in [0.29, 0.717) is 0 Å². The zero-order valence-corrected chi connectivity index (χ0v) is 21.0. The van der Waals surface area contributed by atoms with Gasteiger partial charge in [-0.15, -0.1) is 11.8 Å². The van der Waals surface area contributed by atoms with Crippen LogP contribution in [-0.4, -0.2) is 16.4 Å². The van der Waals surface area contributed by atoms with Gasteiger partial charge < -0.3 is 15.2 Å². The number of carbonyl (C=O) groups excluding carboxylic acids is 2. The summed E-state index contributed by atoms with van der Waals surface area (Å²) >= 11 is 1.48. The fraction of sp³-hybridized carbons (Fsp3) is 0.133. The number of hydrogen-bond donors (Lipinski definition) is 2. The van der Waals surface area contributed by atoms with Crippen LogP contribution in [-0.2, 0) is 16.1 Å². The lowest BCUT2D eigenvalue weighted by Gasteiger charge is -2.17. The summed E-state index contributed by atoms with van der Waals surface area (Å²) in [6.45, 7) is 4.50. The highest BCUT2D eigenvalue weighted by Gasteiger charge is 2.23. The lowest BCUT2D eigenvalue weighted by Crippen LogP contribution is -2.19. The number of para-hydroxylation sites is 1. The minimum absolute atomic E-state index is 0.0873. The Bertz CT molecular complexity index is 1540. The molecule has 6 heteroatoms. The molecule has 0 spiro atoms. The third-order valence-electron chi connectivity index (χ3n) is 6.13. The Morgan fingerprint density at radius 2 is 1.44 bits per heavy atom. The summed E-state index contributed by atoms with van der Waals surface area (Å²) < 4.78 is 2.30. The maximum Gasteiger partial charge on any atom is 0.242 e. The topological polar surface area (TPSA) is 63.1 Å². The average molecular weight is 494 g/mol. The van der Waals surface area contributed by atoms with Crippen molar-refractivity contribution in [2.75, 3.05) is 10.6 Å². The first-order valence-electron chi connectivity index (χ1n) is 11.9. The molecule has 0 saturated carbocycles. The van der Waals surface area contributed by atoms with E-state index < -0.39 is 5.25 Å². The van der Waals surface area contributed by atoms with Gasteiger partial charge in [-0.05, 0) is 61.0 Å². The van der Waals surface area contributed by atoms with E-state index in [-0.39, 0.29) is 11.8 Å². The number of aromatic nitrogens is 1. The van der Waals surface area contributed by atoms with E-state index in [1.807, 2.05) is 66.7 Å². The summed E-state index contributed by atoms with van der Waals surface area (Å²) in [6, 6.07) is 31.8. The SMILES string of the molecule is CCn1c2ccccc2c2cc(NC(=O)C(Sc3ccc(NC(C)=O)cc3)c3ccccc3)ccc21. The highest BCUT2D eigenvalue weighted by Crippen LogP contribution is 2.37. The van der Waals surface area contributed by atoms with Crippen LogP contribution in [0.15, 0.2) is 102 Å². The van der Waals surface area contributed by atoms with Gasteiger partial charge in [-0.25, -0.2) is 0 Å². The number of amides is 2. The van der Waals surface area contributed by atoms with Crippen LogP contribution in [0, 0.1) is 0 Å². The molecule has 0 radical (unpaired) electrons. The van der Waals surface area contributed by atoms with Crippen molar-refractivity contribution in [3.63, 3.8) is 0 Å². The number of fused-ring (bicyclic) bond motifs is 3. The van der Waals surface area contributed by atoms with Crippen molar-refractivity contribution in [1.82, 2.24) is 4.57 Å². The molecule has 5 nitrogen and oxygen atoms in total. The quantitative estimate of drug-likeness (QED) is 0.235. The molecule has 4 aromatic carbocycles. The lowest BCUT2D eigenvalue weighted by molar-refractivity contribution is -0.116. The third-order valence-corrected chi connectivity index (χ3v) is 7.39. The minimum atomic E-state index is -0.439. The molecule has 0 bridgehead atoms. The molecule has 180 valence electrons. The largest absolute Gasteiger partial charge is 0.341 e. The molecule has 0 fully saturated rings. The van der Waals surface area contributed by atoms with Crippen molar-refractivity contribution in [3.8, 4) is 0 Å². The first-order chi connectivity index (χ1) is 17.5. The van der Waals surface area contributed by atoms with Crippen LogP contribution >= 0.6 is 11.8 Å². The second-order valence-electron chi connectivity index (χ2n) is 8.60. The zero-order chi connectivity index (χ0) is 25.1. The van der Waals surface area contributed by atoms with E-state index in [9.17, 15) is 9.59 Å². The number of hydrogen-bond acceptors (Lipinski definition) is 3. The smallest absolute Gasteiger partial charge is 0.242 e. The molecule has 2 N–H and O–H groups in total. The second kappa shape index (κ2) is 10.3. The number of nitrogens with one attached hydrogen (secondary N) is 2. The number of nitrogens with zero attached hydrogens (tertiary/aromatic N) is 1. The van der Waals surface area contributed by atoms with Gasteiger partial charge in [-0.3, -0.25) is 9.59 Å². The second-order valence-corrected chi connectivity index (χ2v) is 9.78. The van der Waals surface area contributed by atoms with Crippen molar-refractivity contribution < 1.29 is 9.59 Å². The molecular weight excluding hydrogens is 466 g/mol. The normalized spacial score (nSPS) is 11.9. The fourth-order valence-corrected chi connectivity index (χ4v) is 5.56. The van der Waals surface area contributed by atoms with Crippen LogP contribution in [0.1, 0.15) is 24.7 Å². The summed E-state index contributed by atoms with van der Waals surface area (Å²) in [7, 11) is 0. The van der Waals surface area contributed by atoms with Crippen LogP contribution in [0.3, 0.4) is 0 Å². The number of rotatable bonds is 7. The van der Waals surface area contributed by atoms with Crippen molar-refractivity contribution in [1.29, 1.82) is 0 Å². The molecule has 5 aromatic rings. The first-order valence-corrected chi connectivity index (χ1v) is 12.8. The summed E-state index contributed by atoms with van der Waals surface area (Å²) in [5.41, 5.74) is 4.78. The molecule has 2 amide bonds.